The second-order valence-corrected chi connectivity index (χ2v) is 5.96. The van der Waals surface area contributed by atoms with Gasteiger partial charge in [0, 0.05) is 12.5 Å². The zero-order valence-electron chi connectivity index (χ0n) is 9.55. The maximum atomic E-state index is 11.2. The fourth-order valence-corrected chi connectivity index (χ4v) is 2.55. The van der Waals surface area contributed by atoms with Crippen LogP contribution in [0.1, 0.15) is 26.2 Å². The van der Waals surface area contributed by atoms with Gasteiger partial charge in [-0.2, -0.15) is 8.42 Å². The molecule has 1 saturated heterocycles. The number of piperidine rings is 1. The Balaban J connectivity index is 2.30. The molecule has 1 aliphatic rings. The second-order valence-electron chi connectivity index (χ2n) is 4.39. The number of Topliss-reactive ketones (excluding diaryl/α,β-unsaturated/α-hetero) is 1. The summed E-state index contributed by atoms with van der Waals surface area (Å²) in [6.07, 6.45) is 2.34. The molecule has 0 aromatic heterocycles. The molecule has 5 nitrogen and oxygen atoms in total. The van der Waals surface area contributed by atoms with Crippen LogP contribution in [0.5, 0.6) is 0 Å². The van der Waals surface area contributed by atoms with Crippen molar-refractivity contribution in [1.29, 1.82) is 0 Å². The number of ketones is 1. The largest absolute Gasteiger partial charge is 0.303 e. The summed E-state index contributed by atoms with van der Waals surface area (Å²) in [7, 11) is -3.85. The average molecular weight is 249 g/mol. The van der Waals surface area contributed by atoms with Crippen LogP contribution in [0.2, 0.25) is 0 Å². The molecular formula is C10H19NO4S. The van der Waals surface area contributed by atoms with Crippen molar-refractivity contribution in [3.8, 4) is 0 Å². The molecule has 1 atom stereocenters. The Morgan fingerprint density at radius 1 is 1.50 bits per heavy atom. The van der Waals surface area contributed by atoms with Crippen LogP contribution in [0, 0.1) is 5.92 Å². The standard InChI is InChI=1S/C10H19NO4S/c1-9(12)10-4-2-5-11(8-10)6-3-7-16(13,14)15/h10H,2-8H2,1H3,(H,13,14,15). The SMILES string of the molecule is CC(=O)C1CCCN(CCCS(=O)(=O)O)C1. The molecule has 1 N–H and O–H groups in total. The summed E-state index contributed by atoms with van der Waals surface area (Å²) in [5.41, 5.74) is 0. The molecule has 0 amide bonds. The van der Waals surface area contributed by atoms with Gasteiger partial charge in [0.2, 0.25) is 0 Å². The fraction of sp³-hybridized carbons (Fsp3) is 0.900. The number of rotatable bonds is 5. The molecule has 1 aliphatic heterocycles. The molecule has 6 heteroatoms. The van der Waals surface area contributed by atoms with Gasteiger partial charge in [-0.25, -0.2) is 0 Å². The van der Waals surface area contributed by atoms with Gasteiger partial charge in [0.1, 0.15) is 5.78 Å². The lowest BCUT2D eigenvalue weighted by atomic mass is 9.94. The van der Waals surface area contributed by atoms with Crippen LogP contribution in [0.4, 0.5) is 0 Å². The molecule has 0 saturated carbocycles. The number of hydrogen-bond acceptors (Lipinski definition) is 4. The van der Waals surface area contributed by atoms with Crippen molar-refractivity contribution < 1.29 is 17.8 Å². The maximum absolute atomic E-state index is 11.2. The minimum atomic E-state index is -3.85. The number of nitrogens with zero attached hydrogens (tertiary/aromatic N) is 1. The van der Waals surface area contributed by atoms with Gasteiger partial charge < -0.3 is 4.90 Å². The van der Waals surface area contributed by atoms with E-state index >= 15 is 0 Å². The molecule has 1 rings (SSSR count). The summed E-state index contributed by atoms with van der Waals surface area (Å²) in [5.74, 6) is 0.104. The Morgan fingerprint density at radius 2 is 2.19 bits per heavy atom. The molecular weight excluding hydrogens is 230 g/mol. The Morgan fingerprint density at radius 3 is 2.75 bits per heavy atom. The van der Waals surface area contributed by atoms with Crippen molar-refractivity contribution in [2.75, 3.05) is 25.4 Å². The van der Waals surface area contributed by atoms with Crippen molar-refractivity contribution in [2.45, 2.75) is 26.2 Å². The molecule has 1 heterocycles. The predicted molar refractivity (Wildman–Crippen MR) is 60.9 cm³/mol. The van der Waals surface area contributed by atoms with Crippen LogP contribution < -0.4 is 0 Å². The highest BCUT2D eigenvalue weighted by atomic mass is 32.2. The molecule has 1 fully saturated rings. The smallest absolute Gasteiger partial charge is 0.264 e. The van der Waals surface area contributed by atoms with Crippen molar-refractivity contribution in [1.82, 2.24) is 4.90 Å². The molecule has 16 heavy (non-hydrogen) atoms. The van der Waals surface area contributed by atoms with Gasteiger partial charge in [-0.05, 0) is 39.3 Å². The molecule has 0 aliphatic carbocycles. The van der Waals surface area contributed by atoms with E-state index in [9.17, 15) is 13.2 Å². The van der Waals surface area contributed by atoms with Crippen molar-refractivity contribution in [3.05, 3.63) is 0 Å². The van der Waals surface area contributed by atoms with Crippen LogP contribution in [0.15, 0.2) is 0 Å². The van der Waals surface area contributed by atoms with Gasteiger partial charge in [0.25, 0.3) is 10.1 Å². The van der Waals surface area contributed by atoms with Gasteiger partial charge in [-0.15, -0.1) is 0 Å². The van der Waals surface area contributed by atoms with E-state index in [4.69, 9.17) is 4.55 Å². The van der Waals surface area contributed by atoms with Crippen LogP contribution >= 0.6 is 0 Å². The van der Waals surface area contributed by atoms with E-state index in [2.05, 4.69) is 4.90 Å². The maximum Gasteiger partial charge on any atom is 0.264 e. The third-order valence-electron chi connectivity index (χ3n) is 2.96. The van der Waals surface area contributed by atoms with E-state index in [-0.39, 0.29) is 17.5 Å². The Labute approximate surface area is 96.6 Å². The molecule has 0 bridgehead atoms. The molecule has 1 unspecified atom stereocenters. The lowest BCUT2D eigenvalue weighted by molar-refractivity contribution is -0.122. The molecule has 0 aromatic rings. The summed E-state index contributed by atoms with van der Waals surface area (Å²) in [6, 6.07) is 0. The van der Waals surface area contributed by atoms with E-state index in [1.165, 1.54) is 0 Å². The molecule has 0 aromatic carbocycles. The number of likely N-dealkylation sites (tertiary alicyclic amines) is 1. The molecule has 94 valence electrons. The average Bonchev–Trinajstić information content (AvgIpc) is 2.16. The highest BCUT2D eigenvalue weighted by molar-refractivity contribution is 7.85. The van der Waals surface area contributed by atoms with E-state index < -0.39 is 10.1 Å². The third-order valence-corrected chi connectivity index (χ3v) is 3.76. The minimum Gasteiger partial charge on any atom is -0.303 e. The first kappa shape index (κ1) is 13.6. The lowest BCUT2D eigenvalue weighted by Gasteiger charge is -2.31. The topological polar surface area (TPSA) is 74.7 Å². The van der Waals surface area contributed by atoms with E-state index in [1.807, 2.05) is 0 Å². The normalized spacial score (nSPS) is 23.2. The van der Waals surface area contributed by atoms with Crippen molar-refractivity contribution in [3.63, 3.8) is 0 Å². The van der Waals surface area contributed by atoms with Crippen molar-refractivity contribution >= 4 is 15.9 Å². The van der Waals surface area contributed by atoms with Gasteiger partial charge in [0.15, 0.2) is 0 Å². The Kier molecular flexibility index (Phi) is 4.89. The van der Waals surface area contributed by atoms with Crippen molar-refractivity contribution in [2.24, 2.45) is 5.92 Å². The predicted octanol–water partition coefficient (Wildman–Crippen LogP) is 0.565. The van der Waals surface area contributed by atoms with Crippen LogP contribution in [-0.2, 0) is 14.9 Å². The third kappa shape index (κ3) is 5.05. The van der Waals surface area contributed by atoms with Crippen LogP contribution in [0.25, 0.3) is 0 Å². The summed E-state index contributed by atoms with van der Waals surface area (Å²) in [5, 5.41) is 0. The Bertz CT molecular complexity index is 339. The Hall–Kier alpha value is -0.460. The number of carbonyl (C=O) groups excluding carboxylic acids is 1. The van der Waals surface area contributed by atoms with Gasteiger partial charge in [0.05, 0.1) is 5.75 Å². The van der Waals surface area contributed by atoms with E-state index in [0.29, 0.717) is 13.0 Å². The van der Waals surface area contributed by atoms with Gasteiger partial charge in [-0.1, -0.05) is 0 Å². The first-order chi connectivity index (χ1) is 7.38. The van der Waals surface area contributed by atoms with Crippen LogP contribution in [-0.4, -0.2) is 49.0 Å². The minimum absolute atomic E-state index is 0.0967. The lowest BCUT2D eigenvalue weighted by Crippen LogP contribution is -2.38. The first-order valence-electron chi connectivity index (χ1n) is 5.56. The number of hydrogen-bond donors (Lipinski definition) is 1. The number of carbonyl (C=O) groups is 1. The van der Waals surface area contributed by atoms with E-state index in [1.54, 1.807) is 6.92 Å². The molecule has 0 radical (unpaired) electrons. The summed E-state index contributed by atoms with van der Waals surface area (Å²) in [6.45, 7) is 3.87. The monoisotopic (exact) mass is 249 g/mol. The first-order valence-corrected chi connectivity index (χ1v) is 7.17. The quantitative estimate of drug-likeness (QED) is 0.721. The summed E-state index contributed by atoms with van der Waals surface area (Å²) in [4.78, 5) is 13.3. The summed E-state index contributed by atoms with van der Waals surface area (Å²) < 4.78 is 29.6. The van der Waals surface area contributed by atoms with Crippen LogP contribution in [0.3, 0.4) is 0 Å². The molecule has 0 spiro atoms. The highest BCUT2D eigenvalue weighted by Crippen LogP contribution is 2.17. The zero-order chi connectivity index (χ0) is 12.2. The highest BCUT2D eigenvalue weighted by Gasteiger charge is 2.22. The zero-order valence-corrected chi connectivity index (χ0v) is 10.4. The fourth-order valence-electron chi connectivity index (χ4n) is 2.06. The van der Waals surface area contributed by atoms with Gasteiger partial charge >= 0.3 is 0 Å². The summed E-state index contributed by atoms with van der Waals surface area (Å²) >= 11 is 0. The second kappa shape index (κ2) is 5.75. The van der Waals surface area contributed by atoms with E-state index in [0.717, 1.165) is 25.9 Å². The van der Waals surface area contributed by atoms with Gasteiger partial charge in [-0.3, -0.25) is 9.35 Å².